The number of hydrogen-bond donors (Lipinski definition) is 0. The fraction of sp³-hybridized carbons (Fsp3) is 0.296. The van der Waals surface area contributed by atoms with Gasteiger partial charge in [0.15, 0.2) is 5.13 Å². The Morgan fingerprint density at radius 2 is 1.67 bits per heavy atom. The summed E-state index contributed by atoms with van der Waals surface area (Å²) in [5.41, 5.74) is 3.03. The van der Waals surface area contributed by atoms with Crippen molar-refractivity contribution in [2.75, 3.05) is 18.0 Å². The summed E-state index contributed by atoms with van der Waals surface area (Å²) in [6, 6.07) is 17.7. The quantitative estimate of drug-likeness (QED) is 0.268. The molecule has 2 aromatic heterocycles. The Kier molecular flexibility index (Phi) is 8.13. The predicted molar refractivity (Wildman–Crippen MR) is 145 cm³/mol. The Hall–Kier alpha value is -3.14. The average molecular weight is 523 g/mol. The number of aryl methyl sites for hydroxylation is 1. The first-order valence-electron chi connectivity index (χ1n) is 12.0. The second kappa shape index (κ2) is 11.3. The van der Waals surface area contributed by atoms with Gasteiger partial charge in [0.05, 0.1) is 27.4 Å². The number of benzene rings is 2. The summed E-state index contributed by atoms with van der Waals surface area (Å²) in [5.74, 6) is -0.264. The molecule has 0 saturated heterocycles. The number of amides is 1. The number of para-hydroxylation sites is 1. The number of aromatic nitrogens is 2. The molecule has 0 saturated carbocycles. The van der Waals surface area contributed by atoms with E-state index in [1.165, 1.54) is 27.8 Å². The zero-order valence-electron chi connectivity index (χ0n) is 20.7. The highest BCUT2D eigenvalue weighted by atomic mass is 32.2. The fourth-order valence-corrected chi connectivity index (χ4v) is 6.66. The minimum absolute atomic E-state index is 0.188. The standard InChI is InChI=1S/C27H30N4O3S2/c1-4-17-30(18-5-2)36(33,34)23-14-12-21(13-15-23)26(32)31(19-22-10-6-7-16-28-22)27-29-25-20(3)9-8-11-24(25)35-27/h6-16H,4-5,17-19H2,1-3H3. The molecule has 4 aromatic rings. The second-order valence-electron chi connectivity index (χ2n) is 8.56. The van der Waals surface area contributed by atoms with Crippen LogP contribution in [0.4, 0.5) is 5.13 Å². The fourth-order valence-electron chi connectivity index (χ4n) is 4.00. The number of rotatable bonds is 10. The molecule has 36 heavy (non-hydrogen) atoms. The molecule has 0 N–H and O–H groups in total. The lowest BCUT2D eigenvalue weighted by Gasteiger charge is -2.22. The molecule has 0 radical (unpaired) electrons. The summed E-state index contributed by atoms with van der Waals surface area (Å²) in [6.45, 7) is 7.09. The van der Waals surface area contributed by atoms with Gasteiger partial charge >= 0.3 is 0 Å². The molecule has 7 nitrogen and oxygen atoms in total. The van der Waals surface area contributed by atoms with Gasteiger partial charge in [0.1, 0.15) is 0 Å². The smallest absolute Gasteiger partial charge is 0.260 e. The average Bonchev–Trinajstić information content (AvgIpc) is 3.33. The number of sulfonamides is 1. The third kappa shape index (κ3) is 5.48. The van der Waals surface area contributed by atoms with E-state index in [4.69, 9.17) is 4.98 Å². The van der Waals surface area contributed by atoms with E-state index in [1.807, 2.05) is 57.2 Å². The lowest BCUT2D eigenvalue weighted by atomic mass is 10.2. The van der Waals surface area contributed by atoms with Gasteiger partial charge in [-0.25, -0.2) is 13.4 Å². The number of nitrogens with zero attached hydrogens (tertiary/aromatic N) is 4. The van der Waals surface area contributed by atoms with Gasteiger partial charge in [-0.05, 0) is 67.8 Å². The molecule has 9 heteroatoms. The largest absolute Gasteiger partial charge is 0.278 e. The molecular weight excluding hydrogens is 492 g/mol. The highest BCUT2D eigenvalue weighted by Crippen LogP contribution is 2.32. The monoisotopic (exact) mass is 522 g/mol. The molecule has 0 bridgehead atoms. The Labute approximate surface area is 216 Å². The van der Waals surface area contributed by atoms with Gasteiger partial charge < -0.3 is 0 Å². The van der Waals surface area contributed by atoms with E-state index in [0.717, 1.165) is 34.3 Å². The van der Waals surface area contributed by atoms with E-state index >= 15 is 0 Å². The van der Waals surface area contributed by atoms with Crippen LogP contribution in [0.3, 0.4) is 0 Å². The normalized spacial score (nSPS) is 11.8. The third-order valence-corrected chi connectivity index (χ3v) is 8.77. The number of pyridine rings is 1. The maximum atomic E-state index is 13.7. The van der Waals surface area contributed by atoms with Gasteiger partial charge in [0.2, 0.25) is 10.0 Å². The molecular formula is C27H30N4O3S2. The maximum absolute atomic E-state index is 13.7. The first-order chi connectivity index (χ1) is 17.3. The van der Waals surface area contributed by atoms with Crippen LogP contribution in [0.5, 0.6) is 0 Å². The van der Waals surface area contributed by atoms with E-state index in [9.17, 15) is 13.2 Å². The third-order valence-electron chi connectivity index (χ3n) is 5.82. The SMILES string of the molecule is CCCN(CCC)S(=O)(=O)c1ccc(C(=O)N(Cc2ccccn2)c2nc3c(C)cccc3s2)cc1. The molecule has 0 fully saturated rings. The molecule has 0 aliphatic rings. The summed E-state index contributed by atoms with van der Waals surface area (Å²) in [4.78, 5) is 24.7. The predicted octanol–water partition coefficient (Wildman–Crippen LogP) is 5.66. The molecule has 2 heterocycles. The molecule has 0 atom stereocenters. The molecule has 0 unspecified atom stereocenters. The number of carbonyl (C=O) groups is 1. The van der Waals surface area contributed by atoms with Crippen LogP contribution in [-0.2, 0) is 16.6 Å². The van der Waals surface area contributed by atoms with E-state index in [1.54, 1.807) is 23.2 Å². The number of carbonyl (C=O) groups excluding carboxylic acids is 1. The van der Waals surface area contributed by atoms with Crippen molar-refractivity contribution in [1.29, 1.82) is 0 Å². The molecule has 0 aliphatic carbocycles. The minimum atomic E-state index is -3.62. The summed E-state index contributed by atoms with van der Waals surface area (Å²) < 4.78 is 28.8. The maximum Gasteiger partial charge on any atom is 0.260 e. The van der Waals surface area contributed by atoms with Crippen LogP contribution in [-0.4, -0.2) is 41.7 Å². The van der Waals surface area contributed by atoms with Gasteiger partial charge in [0, 0.05) is 24.8 Å². The van der Waals surface area contributed by atoms with E-state index in [2.05, 4.69) is 4.98 Å². The second-order valence-corrected chi connectivity index (χ2v) is 11.5. The Balaban J connectivity index is 1.68. The van der Waals surface area contributed by atoms with Crippen LogP contribution < -0.4 is 4.90 Å². The van der Waals surface area contributed by atoms with Crippen molar-refractivity contribution in [2.45, 2.75) is 45.1 Å². The molecule has 0 aliphatic heterocycles. The van der Waals surface area contributed by atoms with Crippen molar-refractivity contribution in [3.63, 3.8) is 0 Å². The van der Waals surface area contributed by atoms with Gasteiger partial charge in [-0.15, -0.1) is 0 Å². The molecule has 4 rings (SSSR count). The number of fused-ring (bicyclic) bond motifs is 1. The van der Waals surface area contributed by atoms with Crippen LogP contribution in [0, 0.1) is 6.92 Å². The zero-order valence-corrected chi connectivity index (χ0v) is 22.3. The van der Waals surface area contributed by atoms with Crippen molar-refractivity contribution < 1.29 is 13.2 Å². The lowest BCUT2D eigenvalue weighted by Crippen LogP contribution is -2.33. The topological polar surface area (TPSA) is 83.5 Å². The molecule has 0 spiro atoms. The highest BCUT2D eigenvalue weighted by molar-refractivity contribution is 7.89. The van der Waals surface area contributed by atoms with Crippen molar-refractivity contribution in [1.82, 2.24) is 14.3 Å². The van der Waals surface area contributed by atoms with E-state index in [0.29, 0.717) is 23.8 Å². The lowest BCUT2D eigenvalue weighted by molar-refractivity contribution is 0.0984. The molecule has 2 aromatic carbocycles. The summed E-state index contributed by atoms with van der Waals surface area (Å²) >= 11 is 1.45. The molecule has 1 amide bonds. The Bertz CT molecular complexity index is 1430. The van der Waals surface area contributed by atoms with Gasteiger partial charge in [-0.2, -0.15) is 4.31 Å². The Morgan fingerprint density at radius 1 is 0.944 bits per heavy atom. The minimum Gasteiger partial charge on any atom is -0.278 e. The molecule has 188 valence electrons. The van der Waals surface area contributed by atoms with Crippen LogP contribution in [0.15, 0.2) is 71.8 Å². The highest BCUT2D eigenvalue weighted by Gasteiger charge is 2.26. The first kappa shape index (κ1) is 25.9. The van der Waals surface area contributed by atoms with Gasteiger partial charge in [-0.1, -0.05) is 43.4 Å². The van der Waals surface area contributed by atoms with Crippen LogP contribution in [0.2, 0.25) is 0 Å². The van der Waals surface area contributed by atoms with Crippen molar-refractivity contribution in [2.24, 2.45) is 0 Å². The number of anilines is 1. The Morgan fingerprint density at radius 3 is 2.28 bits per heavy atom. The zero-order chi connectivity index (χ0) is 25.7. The van der Waals surface area contributed by atoms with Crippen LogP contribution in [0.1, 0.15) is 48.3 Å². The van der Waals surface area contributed by atoms with Gasteiger partial charge in [-0.3, -0.25) is 14.7 Å². The van der Waals surface area contributed by atoms with Crippen molar-refractivity contribution >= 4 is 42.6 Å². The van der Waals surface area contributed by atoms with Crippen LogP contribution >= 0.6 is 11.3 Å². The first-order valence-corrected chi connectivity index (χ1v) is 14.3. The van der Waals surface area contributed by atoms with E-state index < -0.39 is 10.0 Å². The van der Waals surface area contributed by atoms with Crippen LogP contribution in [0.25, 0.3) is 10.2 Å². The summed E-state index contributed by atoms with van der Waals surface area (Å²) in [5, 5.41) is 0.573. The van der Waals surface area contributed by atoms with E-state index in [-0.39, 0.29) is 17.3 Å². The summed E-state index contributed by atoms with van der Waals surface area (Å²) in [7, 11) is -3.62. The van der Waals surface area contributed by atoms with Gasteiger partial charge in [0.25, 0.3) is 5.91 Å². The number of hydrogen-bond acceptors (Lipinski definition) is 6. The summed E-state index contributed by atoms with van der Waals surface area (Å²) in [6.07, 6.45) is 3.17. The number of thiazole rings is 1. The van der Waals surface area contributed by atoms with Crippen molar-refractivity contribution in [3.05, 3.63) is 83.7 Å². The van der Waals surface area contributed by atoms with Crippen molar-refractivity contribution in [3.8, 4) is 0 Å².